The second-order valence-electron chi connectivity index (χ2n) is 8.71. The predicted octanol–water partition coefficient (Wildman–Crippen LogP) is 4.07. The molecule has 3 N–H and O–H groups in total. The highest BCUT2D eigenvalue weighted by Gasteiger charge is 2.43. The summed E-state index contributed by atoms with van der Waals surface area (Å²) >= 11 is 1.31. The minimum absolute atomic E-state index is 0.0488. The van der Waals surface area contributed by atoms with E-state index in [1.807, 2.05) is 6.07 Å². The van der Waals surface area contributed by atoms with Gasteiger partial charge in [0.05, 0.1) is 18.8 Å². The van der Waals surface area contributed by atoms with Crippen LogP contribution in [0.25, 0.3) is 0 Å². The Balaban J connectivity index is 1.47. The Morgan fingerprint density at radius 3 is 2.47 bits per heavy atom. The molecule has 1 fully saturated rings. The number of halogens is 2. The lowest BCUT2D eigenvalue weighted by Gasteiger charge is -2.25. The largest absolute Gasteiger partial charge is 0.487 e. The first kappa shape index (κ1) is 26.5. The SMILES string of the molecule is O=C(OCCO)c1ccc(CCC[C@@H]2[C@@H](CCC(F)(F)COc3ccccc3)[C@H](O)C[C@@H]2O)s1. The fraction of sp³-hybridized carbons (Fsp3) is 0.560. The van der Waals surface area contributed by atoms with Gasteiger partial charge >= 0.3 is 5.97 Å². The van der Waals surface area contributed by atoms with Crippen LogP contribution in [0.4, 0.5) is 8.78 Å². The van der Waals surface area contributed by atoms with Crippen LogP contribution in [-0.4, -0.2) is 59.2 Å². The van der Waals surface area contributed by atoms with E-state index in [2.05, 4.69) is 0 Å². The number of rotatable bonds is 13. The predicted molar refractivity (Wildman–Crippen MR) is 124 cm³/mol. The van der Waals surface area contributed by atoms with Gasteiger partial charge in [-0.3, -0.25) is 0 Å². The Morgan fingerprint density at radius 2 is 1.76 bits per heavy atom. The molecule has 2 aromatic rings. The van der Waals surface area contributed by atoms with E-state index < -0.39 is 43.0 Å². The summed E-state index contributed by atoms with van der Waals surface area (Å²) in [6.45, 7) is -1.01. The summed E-state index contributed by atoms with van der Waals surface area (Å²) in [6.07, 6.45) is 0.318. The van der Waals surface area contributed by atoms with E-state index in [0.29, 0.717) is 29.9 Å². The molecule has 4 atom stereocenters. The first-order valence-electron chi connectivity index (χ1n) is 11.6. The van der Waals surface area contributed by atoms with Crippen LogP contribution in [-0.2, 0) is 11.2 Å². The number of para-hydroxylation sites is 1. The average molecular weight is 499 g/mol. The van der Waals surface area contributed by atoms with Gasteiger partial charge < -0.3 is 24.8 Å². The number of carbonyl (C=O) groups excluding carboxylic acids is 1. The smallest absolute Gasteiger partial charge is 0.348 e. The molecule has 188 valence electrons. The lowest BCUT2D eigenvalue weighted by Crippen LogP contribution is -2.29. The Bertz CT molecular complexity index is 891. The summed E-state index contributed by atoms with van der Waals surface area (Å²) in [4.78, 5) is 13.3. The highest BCUT2D eigenvalue weighted by atomic mass is 32.1. The zero-order valence-electron chi connectivity index (χ0n) is 18.9. The van der Waals surface area contributed by atoms with Crippen molar-refractivity contribution in [2.45, 2.75) is 56.7 Å². The molecule has 1 aliphatic rings. The number of aryl methyl sites for hydroxylation is 1. The molecule has 0 saturated heterocycles. The Kier molecular flexibility index (Phi) is 9.82. The first-order chi connectivity index (χ1) is 16.3. The molecule has 0 amide bonds. The summed E-state index contributed by atoms with van der Waals surface area (Å²) < 4.78 is 38.9. The second kappa shape index (κ2) is 12.6. The van der Waals surface area contributed by atoms with Crippen molar-refractivity contribution in [2.75, 3.05) is 19.8 Å². The van der Waals surface area contributed by atoms with Crippen molar-refractivity contribution < 1.29 is 38.4 Å². The lowest BCUT2D eigenvalue weighted by molar-refractivity contribution is -0.0570. The number of aliphatic hydroxyl groups excluding tert-OH is 3. The van der Waals surface area contributed by atoms with E-state index in [4.69, 9.17) is 14.6 Å². The summed E-state index contributed by atoms with van der Waals surface area (Å²) in [6, 6.07) is 12.0. The van der Waals surface area contributed by atoms with Crippen molar-refractivity contribution in [2.24, 2.45) is 11.8 Å². The number of benzene rings is 1. The summed E-state index contributed by atoms with van der Waals surface area (Å²) in [5.74, 6) is -3.78. The Morgan fingerprint density at radius 1 is 1.06 bits per heavy atom. The third-order valence-corrected chi connectivity index (χ3v) is 7.33. The number of thiophene rings is 1. The van der Waals surface area contributed by atoms with Crippen molar-refractivity contribution in [1.29, 1.82) is 0 Å². The van der Waals surface area contributed by atoms with E-state index in [9.17, 15) is 23.8 Å². The van der Waals surface area contributed by atoms with Crippen molar-refractivity contribution in [3.8, 4) is 5.75 Å². The summed E-state index contributed by atoms with van der Waals surface area (Å²) in [7, 11) is 0. The molecule has 34 heavy (non-hydrogen) atoms. The van der Waals surface area contributed by atoms with Crippen molar-refractivity contribution in [1.82, 2.24) is 0 Å². The number of alkyl halides is 2. The van der Waals surface area contributed by atoms with Crippen LogP contribution in [0.5, 0.6) is 5.75 Å². The number of esters is 1. The molecule has 1 heterocycles. The van der Waals surface area contributed by atoms with Gasteiger partial charge in [0.15, 0.2) is 6.61 Å². The van der Waals surface area contributed by atoms with Gasteiger partial charge in [-0.15, -0.1) is 11.3 Å². The van der Waals surface area contributed by atoms with Gasteiger partial charge in [-0.25, -0.2) is 13.6 Å². The van der Waals surface area contributed by atoms with Crippen molar-refractivity contribution in [3.05, 3.63) is 52.2 Å². The van der Waals surface area contributed by atoms with Crippen LogP contribution in [0.2, 0.25) is 0 Å². The topological polar surface area (TPSA) is 96.2 Å². The molecule has 3 rings (SSSR count). The van der Waals surface area contributed by atoms with E-state index >= 15 is 0 Å². The van der Waals surface area contributed by atoms with E-state index in [-0.39, 0.29) is 32.0 Å². The first-order valence-corrected chi connectivity index (χ1v) is 12.4. The van der Waals surface area contributed by atoms with Crippen LogP contribution < -0.4 is 4.74 Å². The molecule has 1 saturated carbocycles. The highest BCUT2D eigenvalue weighted by Crippen LogP contribution is 2.40. The van der Waals surface area contributed by atoms with Gasteiger partial charge in [0.1, 0.15) is 17.2 Å². The second-order valence-corrected chi connectivity index (χ2v) is 9.88. The van der Waals surface area contributed by atoms with Crippen LogP contribution in [0.3, 0.4) is 0 Å². The molecular formula is C25H32F2O6S. The third-order valence-electron chi connectivity index (χ3n) is 6.21. The standard InChI is InChI=1S/C25H32F2O6S/c26-25(27,16-33-17-5-2-1-3-6-17)12-11-20-19(21(29)15-22(20)30)8-4-7-18-9-10-23(34-18)24(31)32-14-13-28/h1-3,5-6,9-10,19-22,28-30H,4,7-8,11-16H2/t19-,20-,21+,22-/m1/s1. The molecule has 1 aromatic heterocycles. The fourth-order valence-corrected chi connectivity index (χ4v) is 5.42. The number of ether oxygens (including phenoxy) is 2. The molecule has 0 aliphatic heterocycles. The van der Waals surface area contributed by atoms with Gasteiger partial charge in [0.25, 0.3) is 5.92 Å². The van der Waals surface area contributed by atoms with Crippen LogP contribution >= 0.6 is 11.3 Å². The zero-order valence-corrected chi connectivity index (χ0v) is 19.8. The van der Waals surface area contributed by atoms with Crippen LogP contribution in [0, 0.1) is 11.8 Å². The minimum atomic E-state index is -3.04. The van der Waals surface area contributed by atoms with Gasteiger partial charge in [-0.2, -0.15) is 0 Å². The van der Waals surface area contributed by atoms with Crippen molar-refractivity contribution >= 4 is 17.3 Å². The van der Waals surface area contributed by atoms with E-state index in [0.717, 1.165) is 4.88 Å². The van der Waals surface area contributed by atoms with Gasteiger partial charge in [0, 0.05) is 11.3 Å². The maximum Gasteiger partial charge on any atom is 0.348 e. The average Bonchev–Trinajstić information content (AvgIpc) is 3.40. The van der Waals surface area contributed by atoms with Crippen molar-refractivity contribution in [3.63, 3.8) is 0 Å². The highest BCUT2D eigenvalue weighted by molar-refractivity contribution is 7.13. The monoisotopic (exact) mass is 498 g/mol. The molecule has 0 unspecified atom stereocenters. The van der Waals surface area contributed by atoms with E-state index in [1.54, 1.807) is 36.4 Å². The molecule has 0 bridgehead atoms. The number of carbonyl (C=O) groups is 1. The molecule has 0 spiro atoms. The zero-order chi connectivity index (χ0) is 24.6. The molecular weight excluding hydrogens is 466 g/mol. The summed E-state index contributed by atoms with van der Waals surface area (Å²) in [5.41, 5.74) is 0. The molecule has 1 aromatic carbocycles. The van der Waals surface area contributed by atoms with Gasteiger partial charge in [0.2, 0.25) is 0 Å². The molecule has 9 heteroatoms. The maximum atomic E-state index is 14.4. The Hall–Kier alpha value is -2.07. The number of hydrogen-bond donors (Lipinski definition) is 3. The summed E-state index contributed by atoms with van der Waals surface area (Å²) in [5, 5.41) is 29.5. The van der Waals surface area contributed by atoms with E-state index in [1.165, 1.54) is 11.3 Å². The normalized spacial score (nSPS) is 22.6. The fourth-order valence-electron chi connectivity index (χ4n) is 4.48. The van der Waals surface area contributed by atoms with Crippen LogP contribution in [0.1, 0.15) is 46.7 Å². The minimum Gasteiger partial charge on any atom is -0.487 e. The third kappa shape index (κ3) is 7.73. The lowest BCUT2D eigenvalue weighted by atomic mass is 9.85. The van der Waals surface area contributed by atoms with Gasteiger partial charge in [-0.1, -0.05) is 18.2 Å². The molecule has 6 nitrogen and oxygen atoms in total. The van der Waals surface area contributed by atoms with Crippen LogP contribution in [0.15, 0.2) is 42.5 Å². The number of hydrogen-bond acceptors (Lipinski definition) is 7. The molecule has 1 aliphatic carbocycles. The number of aliphatic hydroxyl groups is 3. The maximum absolute atomic E-state index is 14.4. The quantitative estimate of drug-likeness (QED) is 0.360. The Labute approximate surface area is 202 Å². The molecule has 0 radical (unpaired) electrons. The van der Waals surface area contributed by atoms with Gasteiger partial charge in [-0.05, 0) is 68.2 Å².